The smallest absolute Gasteiger partial charge is 0.258 e. The van der Waals surface area contributed by atoms with Gasteiger partial charge in [0.05, 0.1) is 28.5 Å². The van der Waals surface area contributed by atoms with Crippen LogP contribution in [0.5, 0.6) is 0 Å². The number of fused-ring (bicyclic) bond motifs is 1. The van der Waals surface area contributed by atoms with Gasteiger partial charge in [-0.2, -0.15) is 0 Å². The minimum Gasteiger partial charge on any atom is -0.469 e. The fourth-order valence-electron chi connectivity index (χ4n) is 2.86. The molecule has 0 saturated carbocycles. The lowest BCUT2D eigenvalue weighted by molar-refractivity contribution is 0.534. The maximum Gasteiger partial charge on any atom is 0.258 e. The van der Waals surface area contributed by atoms with Gasteiger partial charge in [0.25, 0.3) is 5.56 Å². The summed E-state index contributed by atoms with van der Waals surface area (Å²) in [5.74, 6) is 2.58. The number of hydrogen-bond acceptors (Lipinski definition) is 6. The SMILES string of the molecule is CCn1c(SCc2nc3cc(Cl)ccc3c(=O)[nH]2)nnc1-c1ccoc1C. The maximum atomic E-state index is 12.3. The summed E-state index contributed by atoms with van der Waals surface area (Å²) >= 11 is 7.48. The first-order valence-electron chi connectivity index (χ1n) is 8.35. The molecule has 0 amide bonds. The van der Waals surface area contributed by atoms with Crippen LogP contribution < -0.4 is 5.56 Å². The van der Waals surface area contributed by atoms with Crippen molar-refractivity contribution in [2.24, 2.45) is 0 Å². The molecule has 27 heavy (non-hydrogen) atoms. The van der Waals surface area contributed by atoms with E-state index in [9.17, 15) is 4.79 Å². The average molecular weight is 402 g/mol. The Morgan fingerprint density at radius 2 is 2.15 bits per heavy atom. The van der Waals surface area contributed by atoms with Crippen LogP contribution in [0.25, 0.3) is 22.3 Å². The Kier molecular flexibility index (Phi) is 4.75. The van der Waals surface area contributed by atoms with Crippen molar-refractivity contribution in [2.45, 2.75) is 31.3 Å². The number of aryl methyl sites for hydroxylation is 1. The van der Waals surface area contributed by atoms with Crippen molar-refractivity contribution in [1.82, 2.24) is 24.7 Å². The number of hydrogen-bond donors (Lipinski definition) is 1. The van der Waals surface area contributed by atoms with Crippen molar-refractivity contribution in [3.05, 3.63) is 57.5 Å². The van der Waals surface area contributed by atoms with Gasteiger partial charge in [0, 0.05) is 11.6 Å². The van der Waals surface area contributed by atoms with E-state index in [1.165, 1.54) is 11.8 Å². The molecular formula is C18H16ClN5O2S. The van der Waals surface area contributed by atoms with Crippen molar-refractivity contribution in [2.75, 3.05) is 0 Å². The molecule has 0 aliphatic carbocycles. The van der Waals surface area contributed by atoms with Gasteiger partial charge in [-0.05, 0) is 38.1 Å². The predicted molar refractivity (Wildman–Crippen MR) is 105 cm³/mol. The van der Waals surface area contributed by atoms with Gasteiger partial charge in [-0.25, -0.2) is 4.98 Å². The van der Waals surface area contributed by atoms with Gasteiger partial charge >= 0.3 is 0 Å². The van der Waals surface area contributed by atoms with Crippen LogP contribution in [0.2, 0.25) is 5.02 Å². The highest BCUT2D eigenvalue weighted by atomic mass is 35.5. The van der Waals surface area contributed by atoms with Crippen LogP contribution in [-0.2, 0) is 12.3 Å². The van der Waals surface area contributed by atoms with Crippen molar-refractivity contribution in [3.8, 4) is 11.4 Å². The third-order valence-electron chi connectivity index (χ3n) is 4.19. The summed E-state index contributed by atoms with van der Waals surface area (Å²) in [6.07, 6.45) is 1.64. The van der Waals surface area contributed by atoms with E-state index in [4.69, 9.17) is 16.0 Å². The zero-order valence-corrected chi connectivity index (χ0v) is 16.3. The molecule has 0 aliphatic heterocycles. The second kappa shape index (κ2) is 7.21. The van der Waals surface area contributed by atoms with E-state index in [0.29, 0.717) is 34.0 Å². The minimum absolute atomic E-state index is 0.182. The molecule has 1 N–H and O–H groups in total. The second-order valence-corrected chi connectivity index (χ2v) is 7.28. The molecule has 4 rings (SSSR count). The molecule has 0 radical (unpaired) electrons. The van der Waals surface area contributed by atoms with E-state index in [2.05, 4.69) is 20.2 Å². The molecule has 0 unspecified atom stereocenters. The van der Waals surface area contributed by atoms with Gasteiger partial charge in [0.2, 0.25) is 0 Å². The van der Waals surface area contributed by atoms with Gasteiger partial charge < -0.3 is 14.0 Å². The third-order valence-corrected chi connectivity index (χ3v) is 5.40. The molecule has 138 valence electrons. The molecule has 3 heterocycles. The molecule has 3 aromatic heterocycles. The van der Waals surface area contributed by atoms with Gasteiger partial charge in [0.15, 0.2) is 11.0 Å². The summed E-state index contributed by atoms with van der Waals surface area (Å²) in [6, 6.07) is 6.92. The van der Waals surface area contributed by atoms with Gasteiger partial charge in [0.1, 0.15) is 11.6 Å². The largest absolute Gasteiger partial charge is 0.469 e. The zero-order chi connectivity index (χ0) is 19.0. The fourth-order valence-corrected chi connectivity index (χ4v) is 3.90. The van der Waals surface area contributed by atoms with Crippen molar-refractivity contribution in [3.63, 3.8) is 0 Å². The van der Waals surface area contributed by atoms with E-state index in [0.717, 1.165) is 22.3 Å². The standard InChI is InChI=1S/C18H16ClN5O2S/c1-3-24-16(12-6-7-26-10(12)2)22-23-18(24)27-9-15-20-14-8-11(19)4-5-13(14)17(25)21-15/h4-8H,3,9H2,1-2H3,(H,20,21,25). The second-order valence-electron chi connectivity index (χ2n) is 5.90. The Morgan fingerprint density at radius 1 is 1.30 bits per heavy atom. The molecule has 4 aromatic rings. The number of H-pyrrole nitrogens is 1. The van der Waals surface area contributed by atoms with Gasteiger partial charge in [-0.1, -0.05) is 23.4 Å². The van der Waals surface area contributed by atoms with Crippen LogP contribution in [-0.4, -0.2) is 24.7 Å². The average Bonchev–Trinajstić information content (AvgIpc) is 3.24. The number of halogens is 1. The van der Waals surface area contributed by atoms with Crippen LogP contribution in [0.1, 0.15) is 18.5 Å². The van der Waals surface area contributed by atoms with Crippen molar-refractivity contribution < 1.29 is 4.42 Å². The predicted octanol–water partition coefficient (Wildman–Crippen LogP) is 4.05. The summed E-state index contributed by atoms with van der Waals surface area (Å²) in [4.78, 5) is 19.6. The first-order chi connectivity index (χ1) is 13.1. The summed E-state index contributed by atoms with van der Waals surface area (Å²) in [6.45, 7) is 4.64. The highest BCUT2D eigenvalue weighted by molar-refractivity contribution is 7.98. The Bertz CT molecular complexity index is 1180. The third kappa shape index (κ3) is 3.38. The summed E-state index contributed by atoms with van der Waals surface area (Å²) in [5.41, 5.74) is 1.32. The monoisotopic (exact) mass is 401 g/mol. The lowest BCUT2D eigenvalue weighted by atomic mass is 10.2. The van der Waals surface area contributed by atoms with Crippen LogP contribution in [0.4, 0.5) is 0 Å². The summed E-state index contributed by atoms with van der Waals surface area (Å²) < 4.78 is 7.38. The van der Waals surface area contributed by atoms with Crippen LogP contribution in [0.15, 0.2) is 44.9 Å². The molecule has 0 aliphatic rings. The molecule has 9 heteroatoms. The van der Waals surface area contributed by atoms with Crippen LogP contribution >= 0.6 is 23.4 Å². The van der Waals surface area contributed by atoms with Gasteiger partial charge in [-0.15, -0.1) is 10.2 Å². The minimum atomic E-state index is -0.182. The number of rotatable bonds is 5. The van der Waals surface area contributed by atoms with E-state index < -0.39 is 0 Å². The lowest BCUT2D eigenvalue weighted by Crippen LogP contribution is -2.11. The van der Waals surface area contributed by atoms with Crippen LogP contribution in [0.3, 0.4) is 0 Å². The summed E-state index contributed by atoms with van der Waals surface area (Å²) in [7, 11) is 0. The topological polar surface area (TPSA) is 89.6 Å². The molecule has 0 atom stereocenters. The number of furan rings is 1. The number of thioether (sulfide) groups is 1. The number of nitrogens with one attached hydrogen (secondary N) is 1. The Labute approximate surface area is 163 Å². The number of aromatic nitrogens is 5. The molecule has 7 nitrogen and oxygen atoms in total. The first kappa shape index (κ1) is 17.8. The maximum absolute atomic E-state index is 12.3. The highest BCUT2D eigenvalue weighted by Gasteiger charge is 2.17. The lowest BCUT2D eigenvalue weighted by Gasteiger charge is -2.07. The molecule has 0 spiro atoms. The highest BCUT2D eigenvalue weighted by Crippen LogP contribution is 2.28. The van der Waals surface area contributed by atoms with Gasteiger partial charge in [-0.3, -0.25) is 4.79 Å². The van der Waals surface area contributed by atoms with E-state index >= 15 is 0 Å². The normalized spacial score (nSPS) is 11.4. The first-order valence-corrected chi connectivity index (χ1v) is 9.72. The Morgan fingerprint density at radius 3 is 2.89 bits per heavy atom. The van der Waals surface area contributed by atoms with Crippen LogP contribution in [0, 0.1) is 6.92 Å². The zero-order valence-electron chi connectivity index (χ0n) is 14.7. The van der Waals surface area contributed by atoms with E-state index in [-0.39, 0.29) is 5.56 Å². The number of benzene rings is 1. The van der Waals surface area contributed by atoms with Crippen molar-refractivity contribution >= 4 is 34.3 Å². The number of nitrogens with zero attached hydrogens (tertiary/aromatic N) is 4. The quantitative estimate of drug-likeness (QED) is 0.507. The molecule has 0 fully saturated rings. The van der Waals surface area contributed by atoms with Crippen molar-refractivity contribution in [1.29, 1.82) is 0 Å². The van der Waals surface area contributed by atoms with E-state index in [1.54, 1.807) is 24.5 Å². The molecule has 1 aromatic carbocycles. The molecular weight excluding hydrogens is 386 g/mol. The van der Waals surface area contributed by atoms with E-state index in [1.807, 2.05) is 24.5 Å². The molecule has 0 bridgehead atoms. The Hall–Kier alpha value is -2.58. The number of aromatic amines is 1. The molecule has 0 saturated heterocycles. The summed E-state index contributed by atoms with van der Waals surface area (Å²) in [5, 5.41) is 10.4. The Balaban J connectivity index is 1.63. The fraction of sp³-hybridized carbons (Fsp3) is 0.222.